The van der Waals surface area contributed by atoms with Crippen LogP contribution in [0.15, 0.2) is 60.7 Å². The van der Waals surface area contributed by atoms with Crippen LogP contribution in [0.5, 0.6) is 0 Å². The van der Waals surface area contributed by atoms with Crippen LogP contribution in [0.3, 0.4) is 0 Å². The largest absolute Gasteiger partial charge is 0.466 e. The lowest BCUT2D eigenvalue weighted by atomic mass is 9.74. The van der Waals surface area contributed by atoms with Gasteiger partial charge in [0.15, 0.2) is 5.72 Å². The maximum absolute atomic E-state index is 16.5. The van der Waals surface area contributed by atoms with E-state index >= 15 is 4.39 Å². The summed E-state index contributed by atoms with van der Waals surface area (Å²) in [5.74, 6) is -2.38. The Hall–Kier alpha value is -3.01. The highest BCUT2D eigenvalue weighted by Crippen LogP contribution is 2.51. The molecular formula is C33H34Cl2FNO6. The first-order valence-corrected chi connectivity index (χ1v) is 15.2. The normalized spacial score (nSPS) is 20.9. The first-order chi connectivity index (χ1) is 20.5. The van der Waals surface area contributed by atoms with E-state index in [9.17, 15) is 19.8 Å². The molecule has 7 nitrogen and oxygen atoms in total. The van der Waals surface area contributed by atoms with E-state index in [0.29, 0.717) is 41.7 Å². The predicted molar refractivity (Wildman–Crippen MR) is 160 cm³/mol. The number of rotatable bonds is 9. The summed E-state index contributed by atoms with van der Waals surface area (Å²) in [4.78, 5) is 28.5. The van der Waals surface area contributed by atoms with E-state index in [4.69, 9.17) is 32.7 Å². The fourth-order valence-electron chi connectivity index (χ4n) is 6.43. The van der Waals surface area contributed by atoms with Crippen molar-refractivity contribution in [2.24, 2.45) is 5.92 Å². The number of hydrogen-bond acceptors (Lipinski definition) is 6. The quantitative estimate of drug-likeness (QED) is 0.262. The second-order valence-corrected chi connectivity index (χ2v) is 11.8. The molecule has 0 bridgehead atoms. The zero-order chi connectivity index (χ0) is 30.9. The fraction of sp³-hybridized carbons (Fsp3) is 0.394. The van der Waals surface area contributed by atoms with Crippen LogP contribution in [0.4, 0.5) is 4.39 Å². The van der Waals surface area contributed by atoms with Crippen molar-refractivity contribution in [3.8, 4) is 0 Å². The van der Waals surface area contributed by atoms with Crippen LogP contribution in [-0.2, 0) is 25.6 Å². The van der Waals surface area contributed by atoms with Gasteiger partial charge in [-0.1, -0.05) is 54.4 Å². The average Bonchev–Trinajstić information content (AvgIpc) is 3.24. The molecule has 1 saturated heterocycles. The van der Waals surface area contributed by atoms with Gasteiger partial charge < -0.3 is 19.7 Å². The van der Waals surface area contributed by atoms with Gasteiger partial charge in [0, 0.05) is 28.8 Å². The summed E-state index contributed by atoms with van der Waals surface area (Å²) in [5.41, 5.74) is -3.22. The smallest absolute Gasteiger partial charge is 0.308 e. The molecule has 3 aromatic rings. The molecule has 3 atom stereocenters. The average molecular weight is 631 g/mol. The molecule has 0 aliphatic carbocycles. The molecule has 2 N–H and O–H groups in total. The van der Waals surface area contributed by atoms with Crippen LogP contribution >= 0.6 is 23.2 Å². The lowest BCUT2D eigenvalue weighted by Gasteiger charge is -2.40. The minimum Gasteiger partial charge on any atom is -0.466 e. The number of halogens is 3. The third kappa shape index (κ3) is 5.67. The Kier molecular flexibility index (Phi) is 9.16. The molecule has 0 spiro atoms. The summed E-state index contributed by atoms with van der Waals surface area (Å²) in [6.45, 7) is 4.54. The number of esters is 1. The number of benzene rings is 3. The van der Waals surface area contributed by atoms with Crippen LogP contribution < -0.4 is 0 Å². The molecule has 2 unspecified atom stereocenters. The van der Waals surface area contributed by atoms with Crippen LogP contribution in [0.1, 0.15) is 78.2 Å². The first-order valence-electron chi connectivity index (χ1n) is 14.4. The van der Waals surface area contributed by atoms with Crippen molar-refractivity contribution in [1.82, 2.24) is 4.90 Å². The SMILES string of the molecule is CCOC(=O)C[C@@H](c1ccc(Cl)cc1)N1C(=O)c2cc(C(O)(CC)C3CCOCC3)cc(F)c2C1(O)c1ccc(Cl)cc1. The Labute approximate surface area is 260 Å². The van der Waals surface area contributed by atoms with Gasteiger partial charge in [-0.15, -0.1) is 0 Å². The van der Waals surface area contributed by atoms with Gasteiger partial charge in [0.1, 0.15) is 5.82 Å². The van der Waals surface area contributed by atoms with Crippen LogP contribution in [0.2, 0.25) is 10.0 Å². The van der Waals surface area contributed by atoms with Gasteiger partial charge in [0.2, 0.25) is 0 Å². The van der Waals surface area contributed by atoms with Gasteiger partial charge in [-0.25, -0.2) is 4.39 Å². The van der Waals surface area contributed by atoms with Crippen molar-refractivity contribution in [3.63, 3.8) is 0 Å². The van der Waals surface area contributed by atoms with Crippen LogP contribution in [0.25, 0.3) is 0 Å². The molecular weight excluding hydrogens is 596 g/mol. The summed E-state index contributed by atoms with van der Waals surface area (Å²) < 4.78 is 27.2. The third-order valence-electron chi connectivity index (χ3n) is 8.65. The fourth-order valence-corrected chi connectivity index (χ4v) is 6.69. The lowest BCUT2D eigenvalue weighted by Crippen LogP contribution is -2.47. The molecule has 1 amide bonds. The molecule has 2 aliphatic rings. The van der Waals surface area contributed by atoms with Crippen LogP contribution in [0, 0.1) is 11.7 Å². The van der Waals surface area contributed by atoms with Crippen molar-refractivity contribution in [1.29, 1.82) is 0 Å². The van der Waals surface area contributed by atoms with E-state index in [1.54, 1.807) is 31.2 Å². The zero-order valence-corrected chi connectivity index (χ0v) is 25.5. The summed E-state index contributed by atoms with van der Waals surface area (Å²) in [6, 6.07) is 14.2. The minimum atomic E-state index is -2.33. The van der Waals surface area contributed by atoms with Crippen molar-refractivity contribution >= 4 is 35.1 Å². The topological polar surface area (TPSA) is 96.3 Å². The molecule has 0 radical (unpaired) electrons. The first kappa shape index (κ1) is 31.4. The maximum atomic E-state index is 16.5. The molecule has 10 heteroatoms. The van der Waals surface area contributed by atoms with E-state index in [1.165, 1.54) is 36.4 Å². The number of fused-ring (bicyclic) bond motifs is 1. The van der Waals surface area contributed by atoms with E-state index < -0.39 is 35.1 Å². The minimum absolute atomic E-state index is 0.103. The Morgan fingerprint density at radius 2 is 1.70 bits per heavy atom. The van der Waals surface area contributed by atoms with E-state index in [0.717, 1.165) is 4.90 Å². The van der Waals surface area contributed by atoms with Gasteiger partial charge in [0.25, 0.3) is 5.91 Å². The number of carbonyl (C=O) groups excluding carboxylic acids is 2. The molecule has 2 aliphatic heterocycles. The van der Waals surface area contributed by atoms with Gasteiger partial charge in [-0.3, -0.25) is 14.5 Å². The molecule has 0 aromatic heterocycles. The van der Waals surface area contributed by atoms with E-state index in [-0.39, 0.29) is 47.6 Å². The van der Waals surface area contributed by atoms with Crippen molar-refractivity contribution < 1.29 is 33.7 Å². The molecule has 0 saturated carbocycles. The summed E-state index contributed by atoms with van der Waals surface area (Å²) >= 11 is 12.3. The van der Waals surface area contributed by atoms with Crippen LogP contribution in [-0.4, -0.2) is 46.8 Å². The summed E-state index contributed by atoms with van der Waals surface area (Å²) in [7, 11) is 0. The molecule has 1 fully saturated rings. The van der Waals surface area contributed by atoms with Crippen molar-refractivity contribution in [2.45, 2.75) is 56.9 Å². The zero-order valence-electron chi connectivity index (χ0n) is 24.0. The molecule has 2 heterocycles. The summed E-state index contributed by atoms with van der Waals surface area (Å²) in [5, 5.41) is 25.3. The van der Waals surface area contributed by atoms with E-state index in [2.05, 4.69) is 0 Å². The third-order valence-corrected chi connectivity index (χ3v) is 9.15. The summed E-state index contributed by atoms with van der Waals surface area (Å²) in [6.07, 6.45) is 1.12. The van der Waals surface area contributed by atoms with Gasteiger partial charge in [-0.05, 0) is 79.6 Å². The highest BCUT2D eigenvalue weighted by atomic mass is 35.5. The highest BCUT2D eigenvalue weighted by molar-refractivity contribution is 6.30. The van der Waals surface area contributed by atoms with Gasteiger partial charge in [0.05, 0.1) is 35.8 Å². The molecule has 5 rings (SSSR count). The molecule has 228 valence electrons. The number of hydrogen-bond donors (Lipinski definition) is 2. The number of aliphatic hydroxyl groups is 2. The Morgan fingerprint density at radius 3 is 2.28 bits per heavy atom. The lowest BCUT2D eigenvalue weighted by molar-refractivity contribution is -0.146. The highest BCUT2D eigenvalue weighted by Gasteiger charge is 2.56. The molecule has 43 heavy (non-hydrogen) atoms. The Morgan fingerprint density at radius 1 is 1.09 bits per heavy atom. The second-order valence-electron chi connectivity index (χ2n) is 11.0. The number of ether oxygens (including phenoxy) is 2. The standard InChI is InChI=1S/C33H34Cl2FNO6/c1-3-32(40,21-13-15-42-16-14-21)23-17-26-30(27(36)18-23)33(41,22-7-11-25(35)12-8-22)37(31(26)39)28(19-29(38)43-4-2)20-5-9-24(34)10-6-20/h5-12,17-18,21,28,40-41H,3-4,13-16,19H2,1-2H3/t28-,32?,33?/m0/s1. The van der Waals surface area contributed by atoms with E-state index in [1.807, 2.05) is 6.92 Å². The predicted octanol–water partition coefficient (Wildman–Crippen LogP) is 6.50. The molecule has 3 aromatic carbocycles. The van der Waals surface area contributed by atoms with Crippen molar-refractivity contribution in [2.75, 3.05) is 19.8 Å². The van der Waals surface area contributed by atoms with Gasteiger partial charge in [-0.2, -0.15) is 0 Å². The number of amides is 1. The maximum Gasteiger partial charge on any atom is 0.308 e. The number of carbonyl (C=O) groups is 2. The second kappa shape index (κ2) is 12.5. The Bertz CT molecular complexity index is 1490. The van der Waals surface area contributed by atoms with Crippen molar-refractivity contribution in [3.05, 3.63) is 104 Å². The Balaban J connectivity index is 1.72. The number of nitrogens with zero attached hydrogens (tertiary/aromatic N) is 1. The van der Waals surface area contributed by atoms with Gasteiger partial charge >= 0.3 is 5.97 Å². The monoisotopic (exact) mass is 629 g/mol.